The Labute approximate surface area is 215 Å². The van der Waals surface area contributed by atoms with E-state index in [-0.39, 0.29) is 35.3 Å². The smallest absolute Gasteiger partial charge is 0.253 e. The number of aliphatic imine (C=N–C) groups is 1. The molecule has 6 nitrogen and oxygen atoms in total. The van der Waals surface area contributed by atoms with Crippen molar-refractivity contribution in [2.24, 2.45) is 4.99 Å². The van der Waals surface area contributed by atoms with Gasteiger partial charge in [-0.15, -0.1) is 24.0 Å². The molecule has 0 aliphatic carbocycles. The van der Waals surface area contributed by atoms with Gasteiger partial charge in [0.15, 0.2) is 5.96 Å². The number of amides is 1. The number of carbonyl (C=O) groups is 1. The second kappa shape index (κ2) is 12.9. The first-order valence-electron chi connectivity index (χ1n) is 11.4. The molecule has 2 aromatic rings. The van der Waals surface area contributed by atoms with Crippen molar-refractivity contribution < 1.29 is 9.53 Å². The molecule has 1 aliphatic rings. The van der Waals surface area contributed by atoms with E-state index in [1.807, 2.05) is 24.3 Å². The predicted molar refractivity (Wildman–Crippen MR) is 146 cm³/mol. The number of nitrogens with zero attached hydrogens (tertiary/aromatic N) is 2. The summed E-state index contributed by atoms with van der Waals surface area (Å²) >= 11 is 0. The lowest BCUT2D eigenvalue weighted by molar-refractivity contribution is 0.0512. The normalized spacial score (nSPS) is 15.3. The SMILES string of the molecule is CCNC(=NCc1ccc(C(=O)N(C)C)cc1)NCC1(c2ccccc2C)CCOCC1.I. The fourth-order valence-electron chi connectivity index (χ4n) is 4.25. The van der Waals surface area contributed by atoms with Crippen molar-refractivity contribution in [2.45, 2.75) is 38.6 Å². The lowest BCUT2D eigenvalue weighted by Gasteiger charge is -2.39. The van der Waals surface area contributed by atoms with Gasteiger partial charge in [-0.25, -0.2) is 4.99 Å². The second-order valence-corrected chi connectivity index (χ2v) is 8.65. The number of ether oxygens (including phenoxy) is 1. The monoisotopic (exact) mass is 564 g/mol. The van der Waals surface area contributed by atoms with Gasteiger partial charge in [0.1, 0.15) is 0 Å². The molecule has 0 unspecified atom stereocenters. The molecule has 0 saturated carbocycles. The highest BCUT2D eigenvalue weighted by Crippen LogP contribution is 2.36. The molecular weight excluding hydrogens is 527 g/mol. The summed E-state index contributed by atoms with van der Waals surface area (Å²) in [4.78, 5) is 18.5. The van der Waals surface area contributed by atoms with E-state index in [0.29, 0.717) is 12.1 Å². The molecule has 33 heavy (non-hydrogen) atoms. The number of carbonyl (C=O) groups excluding carboxylic acids is 1. The number of aryl methyl sites for hydroxylation is 1. The van der Waals surface area contributed by atoms with E-state index in [2.05, 4.69) is 48.7 Å². The van der Waals surface area contributed by atoms with Crippen LogP contribution >= 0.6 is 24.0 Å². The summed E-state index contributed by atoms with van der Waals surface area (Å²) in [7, 11) is 3.52. The molecule has 0 spiro atoms. The predicted octanol–water partition coefficient (Wildman–Crippen LogP) is 4.12. The Morgan fingerprint density at radius 1 is 1.06 bits per heavy atom. The van der Waals surface area contributed by atoms with Crippen LogP contribution < -0.4 is 10.6 Å². The van der Waals surface area contributed by atoms with Gasteiger partial charge in [-0.2, -0.15) is 0 Å². The minimum absolute atomic E-state index is 0. The van der Waals surface area contributed by atoms with Crippen LogP contribution in [0.15, 0.2) is 53.5 Å². The summed E-state index contributed by atoms with van der Waals surface area (Å²) in [5.74, 6) is 0.813. The maximum atomic E-state index is 12.1. The molecule has 0 atom stereocenters. The first-order valence-corrected chi connectivity index (χ1v) is 11.4. The standard InChI is InChI=1S/C26H36N4O2.HI/c1-5-27-25(28-18-21-10-12-22(13-11-21)24(31)30(3)4)29-19-26(14-16-32-17-15-26)23-9-7-6-8-20(23)2;/h6-13H,5,14-19H2,1-4H3,(H2,27,28,29);1H. The van der Waals surface area contributed by atoms with Gasteiger partial charge in [-0.1, -0.05) is 36.4 Å². The fourth-order valence-corrected chi connectivity index (χ4v) is 4.25. The van der Waals surface area contributed by atoms with Crippen LogP contribution in [0.1, 0.15) is 46.8 Å². The van der Waals surface area contributed by atoms with E-state index in [0.717, 1.165) is 50.7 Å². The zero-order valence-corrected chi connectivity index (χ0v) is 22.5. The maximum absolute atomic E-state index is 12.1. The molecule has 180 valence electrons. The molecule has 0 bridgehead atoms. The quantitative estimate of drug-likeness (QED) is 0.302. The third-order valence-electron chi connectivity index (χ3n) is 6.13. The van der Waals surface area contributed by atoms with Crippen LogP contribution in [0.4, 0.5) is 0 Å². The van der Waals surface area contributed by atoms with E-state index in [9.17, 15) is 4.79 Å². The topological polar surface area (TPSA) is 66.0 Å². The lowest BCUT2D eigenvalue weighted by Crippen LogP contribution is -2.48. The number of nitrogens with one attached hydrogen (secondary N) is 2. The first kappa shape index (κ1) is 27.1. The second-order valence-electron chi connectivity index (χ2n) is 8.65. The highest BCUT2D eigenvalue weighted by molar-refractivity contribution is 14.0. The molecule has 0 radical (unpaired) electrons. The Kier molecular flexibility index (Phi) is 10.6. The van der Waals surface area contributed by atoms with Crippen LogP contribution in [0.3, 0.4) is 0 Å². The molecule has 1 fully saturated rings. The number of rotatable bonds is 7. The molecule has 1 aliphatic heterocycles. The molecule has 0 aromatic heterocycles. The Morgan fingerprint density at radius 3 is 2.33 bits per heavy atom. The highest BCUT2D eigenvalue weighted by Gasteiger charge is 2.35. The number of benzene rings is 2. The average molecular weight is 565 g/mol. The van der Waals surface area contributed by atoms with Gasteiger partial charge < -0.3 is 20.3 Å². The van der Waals surface area contributed by atoms with Gasteiger partial charge in [0.05, 0.1) is 6.54 Å². The van der Waals surface area contributed by atoms with Gasteiger partial charge in [-0.05, 0) is 55.5 Å². The lowest BCUT2D eigenvalue weighted by atomic mass is 9.72. The number of hydrogen-bond acceptors (Lipinski definition) is 3. The van der Waals surface area contributed by atoms with E-state index in [1.165, 1.54) is 11.1 Å². The Balaban J connectivity index is 0.00000385. The van der Waals surface area contributed by atoms with Crippen LogP contribution in [-0.2, 0) is 16.7 Å². The molecule has 2 aromatic carbocycles. The Morgan fingerprint density at radius 2 is 1.73 bits per heavy atom. The third kappa shape index (κ3) is 7.17. The molecule has 1 saturated heterocycles. The van der Waals surface area contributed by atoms with Crippen molar-refractivity contribution in [3.05, 3.63) is 70.8 Å². The van der Waals surface area contributed by atoms with E-state index in [4.69, 9.17) is 9.73 Å². The van der Waals surface area contributed by atoms with Crippen LogP contribution in [0.25, 0.3) is 0 Å². The van der Waals surface area contributed by atoms with Crippen molar-refractivity contribution in [2.75, 3.05) is 40.4 Å². The van der Waals surface area contributed by atoms with Crippen molar-refractivity contribution in [1.29, 1.82) is 0 Å². The van der Waals surface area contributed by atoms with E-state index < -0.39 is 0 Å². The minimum Gasteiger partial charge on any atom is -0.381 e. The van der Waals surface area contributed by atoms with Crippen molar-refractivity contribution in [1.82, 2.24) is 15.5 Å². The van der Waals surface area contributed by atoms with Crippen LogP contribution in [0, 0.1) is 6.92 Å². The largest absolute Gasteiger partial charge is 0.381 e. The molecule has 7 heteroatoms. The highest BCUT2D eigenvalue weighted by atomic mass is 127. The molecule has 2 N–H and O–H groups in total. The van der Waals surface area contributed by atoms with E-state index >= 15 is 0 Å². The van der Waals surface area contributed by atoms with Crippen molar-refractivity contribution in [3.63, 3.8) is 0 Å². The number of halogens is 1. The Hall–Kier alpha value is -2.13. The first-order chi connectivity index (χ1) is 15.4. The zero-order chi connectivity index (χ0) is 23.0. The Bertz CT molecular complexity index is 922. The van der Waals surface area contributed by atoms with Gasteiger partial charge >= 0.3 is 0 Å². The summed E-state index contributed by atoms with van der Waals surface area (Å²) in [6, 6.07) is 16.3. The summed E-state index contributed by atoms with van der Waals surface area (Å²) in [6.07, 6.45) is 1.98. The summed E-state index contributed by atoms with van der Waals surface area (Å²) < 4.78 is 5.69. The average Bonchev–Trinajstić information content (AvgIpc) is 2.81. The number of guanidine groups is 1. The van der Waals surface area contributed by atoms with Gasteiger partial charge in [0.25, 0.3) is 5.91 Å². The molecule has 1 amide bonds. The van der Waals surface area contributed by atoms with Gasteiger partial charge in [0.2, 0.25) is 0 Å². The molecule has 1 heterocycles. The van der Waals surface area contributed by atoms with Crippen LogP contribution in [0.5, 0.6) is 0 Å². The number of hydrogen-bond donors (Lipinski definition) is 2. The van der Waals surface area contributed by atoms with Crippen molar-refractivity contribution in [3.8, 4) is 0 Å². The fraction of sp³-hybridized carbons (Fsp3) is 0.462. The summed E-state index contributed by atoms with van der Waals surface area (Å²) in [5.41, 5.74) is 4.51. The van der Waals surface area contributed by atoms with Gasteiger partial charge in [-0.3, -0.25) is 4.79 Å². The maximum Gasteiger partial charge on any atom is 0.253 e. The van der Waals surface area contributed by atoms with Crippen LogP contribution in [-0.4, -0.2) is 57.2 Å². The third-order valence-corrected chi connectivity index (χ3v) is 6.13. The molecular formula is C26H37IN4O2. The summed E-state index contributed by atoms with van der Waals surface area (Å²) in [5, 5.41) is 6.96. The zero-order valence-electron chi connectivity index (χ0n) is 20.2. The van der Waals surface area contributed by atoms with E-state index in [1.54, 1.807) is 19.0 Å². The minimum atomic E-state index is 0. The van der Waals surface area contributed by atoms with Gasteiger partial charge in [0, 0.05) is 51.4 Å². The van der Waals surface area contributed by atoms with Crippen molar-refractivity contribution >= 4 is 35.8 Å². The summed E-state index contributed by atoms with van der Waals surface area (Å²) in [6.45, 7) is 7.97. The molecule has 3 rings (SSSR count). The van der Waals surface area contributed by atoms with Crippen LogP contribution in [0.2, 0.25) is 0 Å².